The lowest BCUT2D eigenvalue weighted by atomic mass is 10.0. The molecule has 2 aromatic carbocycles. The standard InChI is InChI=1S/C27H33NO5/c1-19(24(32-20(2)29)18-25-27(3,4)33-25)15-17-31-23-12-10-21(11-13-23)14-16-28-26(30)22-8-6-5-7-9-22/h5-13,15,24-25H,14,16-18H2,1-4H3,(H,28,30). The number of carbonyl (C=O) groups excluding carboxylic acids is 2. The molecule has 2 unspecified atom stereocenters. The van der Waals surface area contributed by atoms with E-state index in [0.717, 1.165) is 23.3 Å². The average molecular weight is 452 g/mol. The van der Waals surface area contributed by atoms with Gasteiger partial charge in [-0.15, -0.1) is 0 Å². The Morgan fingerprint density at radius 1 is 1.09 bits per heavy atom. The highest BCUT2D eigenvalue weighted by Gasteiger charge is 2.49. The van der Waals surface area contributed by atoms with E-state index in [1.165, 1.54) is 6.92 Å². The Morgan fingerprint density at radius 2 is 1.76 bits per heavy atom. The van der Waals surface area contributed by atoms with Crippen molar-refractivity contribution in [3.63, 3.8) is 0 Å². The van der Waals surface area contributed by atoms with Crippen molar-refractivity contribution in [2.24, 2.45) is 0 Å². The summed E-state index contributed by atoms with van der Waals surface area (Å²) < 4.78 is 17.0. The topological polar surface area (TPSA) is 77.2 Å². The molecule has 2 aromatic rings. The Balaban J connectivity index is 1.43. The lowest BCUT2D eigenvalue weighted by Gasteiger charge is -2.17. The Hall–Kier alpha value is -3.12. The van der Waals surface area contributed by atoms with Gasteiger partial charge in [0.15, 0.2) is 0 Å². The zero-order valence-electron chi connectivity index (χ0n) is 19.8. The minimum Gasteiger partial charge on any atom is -0.490 e. The van der Waals surface area contributed by atoms with Crippen molar-refractivity contribution in [1.82, 2.24) is 5.32 Å². The zero-order valence-corrected chi connectivity index (χ0v) is 19.8. The molecular weight excluding hydrogens is 418 g/mol. The van der Waals surface area contributed by atoms with Crippen LogP contribution in [-0.4, -0.2) is 42.8 Å². The minimum atomic E-state index is -0.314. The molecule has 0 aliphatic carbocycles. The van der Waals surface area contributed by atoms with Crippen LogP contribution in [0.4, 0.5) is 0 Å². The molecular formula is C27H33NO5. The molecule has 1 heterocycles. The van der Waals surface area contributed by atoms with Crippen molar-refractivity contribution in [2.45, 2.75) is 58.3 Å². The zero-order chi connectivity index (χ0) is 23.8. The van der Waals surface area contributed by atoms with E-state index in [9.17, 15) is 9.59 Å². The summed E-state index contributed by atoms with van der Waals surface area (Å²) in [6, 6.07) is 17.0. The van der Waals surface area contributed by atoms with Crippen LogP contribution in [0.1, 0.15) is 50.0 Å². The third-order valence-electron chi connectivity index (χ3n) is 5.72. The summed E-state index contributed by atoms with van der Waals surface area (Å²) in [6.07, 6.45) is 3.10. The molecule has 0 saturated carbocycles. The van der Waals surface area contributed by atoms with Crippen molar-refractivity contribution in [1.29, 1.82) is 0 Å². The van der Waals surface area contributed by atoms with Crippen LogP contribution in [0.5, 0.6) is 5.75 Å². The van der Waals surface area contributed by atoms with Gasteiger partial charge >= 0.3 is 5.97 Å². The second-order valence-corrected chi connectivity index (χ2v) is 8.82. The van der Waals surface area contributed by atoms with Gasteiger partial charge in [-0.2, -0.15) is 0 Å². The van der Waals surface area contributed by atoms with Gasteiger partial charge in [-0.3, -0.25) is 9.59 Å². The lowest BCUT2D eigenvalue weighted by molar-refractivity contribution is -0.145. The van der Waals surface area contributed by atoms with Crippen molar-refractivity contribution < 1.29 is 23.8 Å². The van der Waals surface area contributed by atoms with E-state index >= 15 is 0 Å². The number of esters is 1. The summed E-state index contributed by atoms with van der Waals surface area (Å²) in [5, 5.41) is 2.93. The van der Waals surface area contributed by atoms with Crippen LogP contribution in [0.15, 0.2) is 66.2 Å². The first kappa shape index (κ1) is 24.5. The molecule has 0 bridgehead atoms. The number of benzene rings is 2. The molecule has 1 saturated heterocycles. The quantitative estimate of drug-likeness (QED) is 0.310. The van der Waals surface area contributed by atoms with E-state index < -0.39 is 0 Å². The predicted molar refractivity (Wildman–Crippen MR) is 127 cm³/mol. The SMILES string of the molecule is CC(=O)OC(CC1OC1(C)C)C(C)=CCOc1ccc(CCNC(=O)c2ccccc2)cc1. The second kappa shape index (κ2) is 11.1. The van der Waals surface area contributed by atoms with E-state index in [-0.39, 0.29) is 29.7 Å². The number of rotatable bonds is 11. The summed E-state index contributed by atoms with van der Waals surface area (Å²) in [6.45, 7) is 8.38. The minimum absolute atomic E-state index is 0.0680. The molecule has 0 radical (unpaired) electrons. The van der Waals surface area contributed by atoms with Crippen molar-refractivity contribution in [3.05, 3.63) is 77.4 Å². The number of ether oxygens (including phenoxy) is 3. The van der Waals surface area contributed by atoms with Crippen LogP contribution in [0.25, 0.3) is 0 Å². The van der Waals surface area contributed by atoms with Gasteiger partial charge < -0.3 is 19.5 Å². The van der Waals surface area contributed by atoms with Gasteiger partial charge in [-0.05, 0) is 68.7 Å². The summed E-state index contributed by atoms with van der Waals surface area (Å²) in [5.74, 6) is 0.385. The predicted octanol–water partition coefficient (Wildman–Crippen LogP) is 4.48. The molecule has 176 valence electrons. The molecule has 0 spiro atoms. The van der Waals surface area contributed by atoms with Crippen LogP contribution < -0.4 is 10.1 Å². The van der Waals surface area contributed by atoms with Crippen molar-refractivity contribution >= 4 is 11.9 Å². The number of amides is 1. The Bertz CT molecular complexity index is 966. The molecule has 2 atom stereocenters. The third-order valence-corrected chi connectivity index (χ3v) is 5.72. The first-order valence-corrected chi connectivity index (χ1v) is 11.3. The van der Waals surface area contributed by atoms with Crippen molar-refractivity contribution in [2.75, 3.05) is 13.2 Å². The van der Waals surface area contributed by atoms with Crippen LogP contribution >= 0.6 is 0 Å². The molecule has 1 N–H and O–H groups in total. The molecule has 1 fully saturated rings. The van der Waals surface area contributed by atoms with E-state index in [1.807, 2.05) is 69.3 Å². The van der Waals surface area contributed by atoms with Crippen molar-refractivity contribution in [3.8, 4) is 5.75 Å². The highest BCUT2D eigenvalue weighted by Crippen LogP contribution is 2.39. The normalized spacial score (nSPS) is 17.7. The van der Waals surface area contributed by atoms with E-state index in [0.29, 0.717) is 25.1 Å². The fourth-order valence-corrected chi connectivity index (χ4v) is 3.55. The van der Waals surface area contributed by atoms with Crippen LogP contribution in [0.2, 0.25) is 0 Å². The van der Waals surface area contributed by atoms with Gasteiger partial charge in [0.2, 0.25) is 0 Å². The highest BCUT2D eigenvalue weighted by molar-refractivity contribution is 5.94. The number of hydrogen-bond donors (Lipinski definition) is 1. The van der Waals surface area contributed by atoms with Gasteiger partial charge in [0.1, 0.15) is 18.5 Å². The maximum Gasteiger partial charge on any atom is 0.303 e. The number of epoxide rings is 1. The summed E-state index contributed by atoms with van der Waals surface area (Å²) >= 11 is 0. The molecule has 33 heavy (non-hydrogen) atoms. The van der Waals surface area contributed by atoms with Crippen LogP contribution in [0.3, 0.4) is 0 Å². The van der Waals surface area contributed by atoms with Gasteiger partial charge in [0, 0.05) is 25.5 Å². The number of nitrogens with one attached hydrogen (secondary N) is 1. The number of carbonyl (C=O) groups is 2. The van der Waals surface area contributed by atoms with E-state index in [4.69, 9.17) is 14.2 Å². The molecule has 6 nitrogen and oxygen atoms in total. The first-order valence-electron chi connectivity index (χ1n) is 11.3. The van der Waals surface area contributed by atoms with Gasteiger partial charge in [-0.1, -0.05) is 30.3 Å². The van der Waals surface area contributed by atoms with Gasteiger partial charge in [-0.25, -0.2) is 0 Å². The Labute approximate surface area is 195 Å². The van der Waals surface area contributed by atoms with Crippen LogP contribution in [0, 0.1) is 0 Å². The molecule has 1 amide bonds. The smallest absolute Gasteiger partial charge is 0.303 e. The monoisotopic (exact) mass is 451 g/mol. The molecule has 3 rings (SSSR count). The fourth-order valence-electron chi connectivity index (χ4n) is 3.55. The Morgan fingerprint density at radius 3 is 2.36 bits per heavy atom. The third kappa shape index (κ3) is 7.75. The molecule has 6 heteroatoms. The number of hydrogen-bond acceptors (Lipinski definition) is 5. The van der Waals surface area contributed by atoms with Crippen LogP contribution in [-0.2, 0) is 20.7 Å². The van der Waals surface area contributed by atoms with Gasteiger partial charge in [0.25, 0.3) is 5.91 Å². The molecule has 1 aliphatic rings. The summed E-state index contributed by atoms with van der Waals surface area (Å²) in [5.41, 5.74) is 2.57. The molecule has 0 aromatic heterocycles. The van der Waals surface area contributed by atoms with Gasteiger partial charge in [0.05, 0.1) is 11.7 Å². The highest BCUT2D eigenvalue weighted by atomic mass is 16.6. The lowest BCUT2D eigenvalue weighted by Crippen LogP contribution is -2.25. The maximum absolute atomic E-state index is 12.1. The van der Waals surface area contributed by atoms with E-state index in [2.05, 4.69) is 5.32 Å². The Kier molecular flexibility index (Phi) is 8.28. The molecule has 1 aliphatic heterocycles. The second-order valence-electron chi connectivity index (χ2n) is 8.82. The van der Waals surface area contributed by atoms with E-state index in [1.54, 1.807) is 12.1 Å². The first-order chi connectivity index (χ1) is 15.7. The summed E-state index contributed by atoms with van der Waals surface area (Å²) in [7, 11) is 0. The summed E-state index contributed by atoms with van der Waals surface area (Å²) in [4.78, 5) is 23.6. The average Bonchev–Trinajstić information content (AvgIpc) is 3.40. The largest absolute Gasteiger partial charge is 0.490 e. The maximum atomic E-state index is 12.1. The fraction of sp³-hybridized carbons (Fsp3) is 0.407.